The summed E-state index contributed by atoms with van der Waals surface area (Å²) in [5, 5.41) is 27.7. The molecule has 2 amide bonds. The van der Waals surface area contributed by atoms with E-state index in [1.807, 2.05) is 25.3 Å². The second kappa shape index (κ2) is 16.3. The fourth-order valence-corrected chi connectivity index (χ4v) is 15.2. The Hall–Kier alpha value is -3.70. The van der Waals surface area contributed by atoms with Crippen molar-refractivity contribution in [1.29, 1.82) is 5.26 Å². The third kappa shape index (κ3) is 7.23. The molecular formula is C51H70N3O5-. The molecule has 1 aromatic carbocycles. The van der Waals surface area contributed by atoms with Gasteiger partial charge in [-0.1, -0.05) is 84.1 Å². The summed E-state index contributed by atoms with van der Waals surface area (Å²) in [5.74, 6) is 1.21. The van der Waals surface area contributed by atoms with Crippen LogP contribution in [0.25, 0.3) is 0 Å². The molecular weight excluding hydrogens is 735 g/mol. The number of fused-ring (bicyclic) bond motifs is 7. The summed E-state index contributed by atoms with van der Waals surface area (Å²) >= 11 is 0. The molecule has 0 heterocycles. The van der Waals surface area contributed by atoms with Gasteiger partial charge in [-0.05, 0) is 157 Å². The molecule has 8 nitrogen and oxygen atoms in total. The van der Waals surface area contributed by atoms with Gasteiger partial charge < -0.3 is 25.3 Å². The van der Waals surface area contributed by atoms with Crippen molar-refractivity contribution < 1.29 is 24.2 Å². The van der Waals surface area contributed by atoms with Crippen LogP contribution in [-0.2, 0) is 20.7 Å². The van der Waals surface area contributed by atoms with Gasteiger partial charge in [0.2, 0.25) is 5.91 Å². The summed E-state index contributed by atoms with van der Waals surface area (Å²) in [6.07, 6.45) is 17.9. The Kier molecular flexibility index (Phi) is 12.0. The number of amides is 2. The van der Waals surface area contributed by atoms with Crippen LogP contribution in [0.3, 0.4) is 0 Å². The van der Waals surface area contributed by atoms with Crippen LogP contribution in [0.1, 0.15) is 135 Å². The summed E-state index contributed by atoms with van der Waals surface area (Å²) in [6, 6.07) is 10.1. The first-order valence-electron chi connectivity index (χ1n) is 22.8. The Balaban J connectivity index is 1.05. The van der Waals surface area contributed by atoms with Crippen LogP contribution >= 0.6 is 0 Å². The van der Waals surface area contributed by atoms with Gasteiger partial charge in [-0.3, -0.25) is 9.59 Å². The third-order valence-electron chi connectivity index (χ3n) is 18.5. The monoisotopic (exact) mass is 805 g/mol. The predicted octanol–water partition coefficient (Wildman–Crippen LogP) is 8.53. The molecule has 0 saturated heterocycles. The highest BCUT2D eigenvalue weighted by molar-refractivity contribution is 5.94. The highest BCUT2D eigenvalue weighted by Gasteiger charge is 2.72. The van der Waals surface area contributed by atoms with Crippen molar-refractivity contribution in [3.8, 4) is 6.07 Å². The zero-order valence-corrected chi connectivity index (χ0v) is 37.0. The Morgan fingerprint density at radius 2 is 1.75 bits per heavy atom. The van der Waals surface area contributed by atoms with E-state index >= 15 is 0 Å². The second-order valence-corrected chi connectivity index (χ2v) is 21.2. The van der Waals surface area contributed by atoms with Crippen LogP contribution < -0.4 is 15.7 Å². The number of ether oxygens (including phenoxy) is 1. The number of nitrogens with one attached hydrogen (secondary N) is 2. The number of carboxylic acids is 1. The maximum atomic E-state index is 14.8. The number of aliphatic carboxylic acids is 1. The number of allylic oxidation sites excluding steroid dienone is 1. The van der Waals surface area contributed by atoms with E-state index in [-0.39, 0.29) is 56.8 Å². The van der Waals surface area contributed by atoms with Crippen molar-refractivity contribution in [2.24, 2.45) is 68.5 Å². The molecule has 0 bridgehead atoms. The topological polar surface area (TPSA) is 131 Å². The lowest BCUT2D eigenvalue weighted by molar-refractivity contribution is -0.298. The standard InChI is InChI=1S/C51H71N3O5/c1-32-12-13-35(45(56)57)14-15-37(32)31-54-44(55)36-11-9-10-34(30-36)22-29-53-46(58)51-25-18-38(33(2)21-28-52)43(51)39-16-17-41-48(5)23-20-42(59-8)47(3,4)40(48)19-24-50(41,7)49(39,6)26-27-51/h9-11,13-15,30,33,37-43H,1,12,16-27,29,31H2,2-8H3,(H,53,58)(H,54,55)(H,56,57)/p-1. The number of nitrogens with zero attached hydrogens (tertiary/aromatic N) is 1. The van der Waals surface area contributed by atoms with Crippen LogP contribution in [0.5, 0.6) is 0 Å². The van der Waals surface area contributed by atoms with Crippen molar-refractivity contribution in [3.05, 3.63) is 71.3 Å². The van der Waals surface area contributed by atoms with Gasteiger partial charge in [0, 0.05) is 38.1 Å². The molecule has 8 heteroatoms. The number of carboxylic acid groups (broad SMARTS) is 1. The van der Waals surface area contributed by atoms with Gasteiger partial charge >= 0.3 is 0 Å². The minimum atomic E-state index is -1.22. The fraction of sp³-hybridized carbons (Fsp3) is 0.686. The Labute approximate surface area is 354 Å². The smallest absolute Gasteiger partial charge is 0.251 e. The van der Waals surface area contributed by atoms with Gasteiger partial charge in [0.05, 0.1) is 23.6 Å². The molecule has 5 fully saturated rings. The number of methoxy groups -OCH3 is 1. The minimum Gasteiger partial charge on any atom is -0.545 e. The number of hydrogen-bond acceptors (Lipinski definition) is 6. The average Bonchev–Trinajstić information content (AvgIpc) is 3.50. The van der Waals surface area contributed by atoms with Gasteiger partial charge in [0.1, 0.15) is 0 Å². The van der Waals surface area contributed by atoms with Crippen LogP contribution in [-0.4, -0.2) is 44.1 Å². The zero-order chi connectivity index (χ0) is 42.5. The Morgan fingerprint density at radius 3 is 2.47 bits per heavy atom. The molecule has 5 saturated carbocycles. The van der Waals surface area contributed by atoms with E-state index in [0.717, 1.165) is 43.2 Å². The van der Waals surface area contributed by atoms with E-state index < -0.39 is 11.4 Å². The normalized spacial score (nSPS) is 38.8. The molecule has 2 N–H and O–H groups in total. The van der Waals surface area contributed by atoms with E-state index in [0.29, 0.717) is 67.7 Å². The molecule has 12 atom stereocenters. The summed E-state index contributed by atoms with van der Waals surface area (Å²) in [5.41, 5.74) is 2.80. The highest BCUT2D eigenvalue weighted by atomic mass is 16.5. The van der Waals surface area contributed by atoms with Gasteiger partial charge in [0.25, 0.3) is 5.91 Å². The van der Waals surface area contributed by atoms with Gasteiger partial charge in [-0.25, -0.2) is 0 Å². The van der Waals surface area contributed by atoms with Crippen LogP contribution in [0, 0.1) is 79.8 Å². The van der Waals surface area contributed by atoms with Crippen molar-refractivity contribution in [2.75, 3.05) is 20.2 Å². The van der Waals surface area contributed by atoms with Crippen molar-refractivity contribution >= 4 is 17.8 Å². The van der Waals surface area contributed by atoms with Gasteiger partial charge in [-0.15, -0.1) is 0 Å². The number of carbonyl (C=O) groups is 3. The number of nitriles is 1. The molecule has 6 aliphatic rings. The summed E-state index contributed by atoms with van der Waals surface area (Å²) in [4.78, 5) is 39.4. The van der Waals surface area contributed by atoms with Gasteiger partial charge in [0.15, 0.2) is 0 Å². The number of carbonyl (C=O) groups excluding carboxylic acids is 3. The molecule has 0 aromatic heterocycles. The van der Waals surface area contributed by atoms with Crippen molar-refractivity contribution in [1.82, 2.24) is 10.6 Å². The quantitative estimate of drug-likeness (QED) is 0.216. The third-order valence-corrected chi connectivity index (χ3v) is 18.5. The van der Waals surface area contributed by atoms with Crippen molar-refractivity contribution in [2.45, 2.75) is 131 Å². The molecule has 1 aromatic rings. The second-order valence-electron chi connectivity index (χ2n) is 21.2. The summed E-state index contributed by atoms with van der Waals surface area (Å²) < 4.78 is 6.11. The lowest BCUT2D eigenvalue weighted by atomic mass is 9.32. The Bertz CT molecular complexity index is 1930. The SMILES string of the molecule is C=C1CC=C(C(=O)[O-])C=CC1CNC(=O)c1cccc(CCNC(=O)C23CCC(C(C)CC#N)C2C2CCC4C5(C)CCC(OC)C(C)(C)C5CCC4(C)C2(C)CC3)c1. The van der Waals surface area contributed by atoms with E-state index in [2.05, 4.69) is 64.8 Å². The van der Waals surface area contributed by atoms with Crippen LogP contribution in [0.2, 0.25) is 0 Å². The molecule has 0 spiro atoms. The summed E-state index contributed by atoms with van der Waals surface area (Å²) in [6.45, 7) is 20.0. The number of hydrogen-bond donors (Lipinski definition) is 2. The predicted molar refractivity (Wildman–Crippen MR) is 229 cm³/mol. The Morgan fingerprint density at radius 1 is 0.966 bits per heavy atom. The largest absolute Gasteiger partial charge is 0.545 e. The van der Waals surface area contributed by atoms with Gasteiger partial charge in [-0.2, -0.15) is 5.26 Å². The molecule has 0 radical (unpaired) electrons. The first-order chi connectivity index (χ1) is 28.0. The van der Waals surface area contributed by atoms with Crippen LogP contribution in [0.4, 0.5) is 0 Å². The molecule has 59 heavy (non-hydrogen) atoms. The maximum absolute atomic E-state index is 14.8. The molecule has 7 rings (SSSR count). The first kappa shape index (κ1) is 43.4. The van der Waals surface area contributed by atoms with E-state index in [1.165, 1.54) is 38.2 Å². The average molecular weight is 805 g/mol. The van der Waals surface area contributed by atoms with E-state index in [9.17, 15) is 24.8 Å². The molecule has 320 valence electrons. The number of rotatable bonds is 11. The summed E-state index contributed by atoms with van der Waals surface area (Å²) in [7, 11) is 1.90. The van der Waals surface area contributed by atoms with Crippen molar-refractivity contribution in [3.63, 3.8) is 0 Å². The molecule has 12 unspecified atom stereocenters. The lowest BCUT2D eigenvalue weighted by Crippen LogP contribution is -2.67. The fourth-order valence-electron chi connectivity index (χ4n) is 15.2. The lowest BCUT2D eigenvalue weighted by Gasteiger charge is -2.73. The first-order valence-corrected chi connectivity index (χ1v) is 22.8. The maximum Gasteiger partial charge on any atom is 0.251 e. The van der Waals surface area contributed by atoms with E-state index in [4.69, 9.17) is 4.74 Å². The number of benzene rings is 1. The zero-order valence-electron chi connectivity index (χ0n) is 37.0. The highest BCUT2D eigenvalue weighted by Crippen LogP contribution is 2.77. The minimum absolute atomic E-state index is 0.122. The molecule has 6 aliphatic carbocycles. The van der Waals surface area contributed by atoms with E-state index in [1.54, 1.807) is 18.2 Å². The molecule has 0 aliphatic heterocycles. The van der Waals surface area contributed by atoms with Crippen LogP contribution in [0.15, 0.2) is 60.2 Å².